The van der Waals surface area contributed by atoms with Gasteiger partial charge in [-0.05, 0) is 41.7 Å². The molecule has 2 aromatic carbocycles. The van der Waals surface area contributed by atoms with Crippen LogP contribution in [0.25, 0.3) is 26.4 Å². The van der Waals surface area contributed by atoms with Crippen molar-refractivity contribution >= 4 is 38.4 Å². The third-order valence-electron chi connectivity index (χ3n) is 6.06. The van der Waals surface area contributed by atoms with E-state index < -0.39 is 0 Å². The second-order valence-electron chi connectivity index (χ2n) is 7.86. The smallest absolute Gasteiger partial charge is 0.283 e. The van der Waals surface area contributed by atoms with Gasteiger partial charge in [-0.1, -0.05) is 41.7 Å². The normalized spacial score (nSPS) is 15.9. The monoisotopic (exact) mass is 442 g/mol. The van der Waals surface area contributed by atoms with Crippen molar-refractivity contribution in [3.05, 3.63) is 81.8 Å². The highest BCUT2D eigenvalue weighted by atomic mass is 32.1. The lowest BCUT2D eigenvalue weighted by atomic mass is 9.79. The highest BCUT2D eigenvalue weighted by molar-refractivity contribution is 7.20. The Balaban J connectivity index is 1.52. The Bertz CT molecular complexity index is 1550. The summed E-state index contributed by atoms with van der Waals surface area (Å²) in [6.45, 7) is 0. The van der Waals surface area contributed by atoms with Crippen molar-refractivity contribution in [1.29, 1.82) is 0 Å². The topological polar surface area (TPSA) is 89.9 Å². The molecule has 7 nitrogen and oxygen atoms in total. The number of thiazole rings is 1. The molecule has 0 saturated carbocycles. The summed E-state index contributed by atoms with van der Waals surface area (Å²) >= 11 is 1.43. The van der Waals surface area contributed by atoms with Crippen molar-refractivity contribution < 1.29 is 9.53 Å². The molecular weight excluding hydrogens is 424 g/mol. The lowest BCUT2D eigenvalue weighted by molar-refractivity contribution is 0.0964. The summed E-state index contributed by atoms with van der Waals surface area (Å²) in [7, 11) is 1.63. The first-order valence-corrected chi connectivity index (χ1v) is 11.1. The summed E-state index contributed by atoms with van der Waals surface area (Å²) in [5, 5.41) is 4.09. The van der Waals surface area contributed by atoms with Crippen LogP contribution in [0, 0.1) is 0 Å². The second-order valence-corrected chi connectivity index (χ2v) is 8.87. The first-order valence-electron chi connectivity index (χ1n) is 10.3. The number of aromatic nitrogens is 4. The van der Waals surface area contributed by atoms with E-state index in [4.69, 9.17) is 4.74 Å². The van der Waals surface area contributed by atoms with Crippen LogP contribution in [-0.4, -0.2) is 32.6 Å². The van der Waals surface area contributed by atoms with Gasteiger partial charge in [-0.2, -0.15) is 4.68 Å². The average Bonchev–Trinajstić information content (AvgIpc) is 3.40. The zero-order valence-electron chi connectivity index (χ0n) is 17.2. The predicted molar refractivity (Wildman–Crippen MR) is 123 cm³/mol. The number of para-hydroxylation sites is 2. The maximum Gasteiger partial charge on any atom is 0.283 e. The first kappa shape index (κ1) is 18.9. The van der Waals surface area contributed by atoms with Crippen molar-refractivity contribution in [3.63, 3.8) is 0 Å². The highest BCUT2D eigenvalue weighted by Gasteiger charge is 2.31. The van der Waals surface area contributed by atoms with Gasteiger partial charge in [-0.3, -0.25) is 14.7 Å². The van der Waals surface area contributed by atoms with Crippen LogP contribution in [0.5, 0.6) is 5.75 Å². The van der Waals surface area contributed by atoms with Gasteiger partial charge in [0.05, 0.1) is 22.7 Å². The molecule has 3 aromatic heterocycles. The molecule has 0 bridgehead atoms. The van der Waals surface area contributed by atoms with Crippen LogP contribution >= 0.6 is 11.3 Å². The lowest BCUT2D eigenvalue weighted by Gasteiger charge is -2.25. The minimum absolute atomic E-state index is 0.0105. The van der Waals surface area contributed by atoms with E-state index in [0.29, 0.717) is 34.6 Å². The van der Waals surface area contributed by atoms with Crippen LogP contribution in [0.15, 0.2) is 59.5 Å². The molecule has 1 aliphatic carbocycles. The molecule has 0 unspecified atom stereocenters. The Hall–Kier alpha value is -3.78. The van der Waals surface area contributed by atoms with E-state index in [1.165, 1.54) is 16.0 Å². The number of H-pyrrole nitrogens is 1. The summed E-state index contributed by atoms with van der Waals surface area (Å²) in [6.07, 6.45) is 2.50. The van der Waals surface area contributed by atoms with Gasteiger partial charge in [0, 0.05) is 18.2 Å². The van der Waals surface area contributed by atoms with Gasteiger partial charge < -0.3 is 4.74 Å². The van der Waals surface area contributed by atoms with E-state index in [-0.39, 0.29) is 17.3 Å². The van der Waals surface area contributed by atoms with Gasteiger partial charge in [-0.25, -0.2) is 9.97 Å². The summed E-state index contributed by atoms with van der Waals surface area (Å²) in [4.78, 5) is 35.5. The molecule has 0 spiro atoms. The third-order valence-corrected chi connectivity index (χ3v) is 7.08. The number of ketones is 1. The van der Waals surface area contributed by atoms with Crippen molar-refractivity contribution in [2.75, 3.05) is 7.11 Å². The lowest BCUT2D eigenvalue weighted by Crippen LogP contribution is -2.22. The summed E-state index contributed by atoms with van der Waals surface area (Å²) in [6, 6.07) is 15.5. The van der Waals surface area contributed by atoms with Gasteiger partial charge in [0.25, 0.3) is 5.56 Å². The molecule has 0 aliphatic heterocycles. The number of carbonyl (C=O) groups excluding carboxylic acids is 1. The molecule has 32 heavy (non-hydrogen) atoms. The van der Waals surface area contributed by atoms with Gasteiger partial charge in [0.2, 0.25) is 5.13 Å². The predicted octanol–water partition coefficient (Wildman–Crippen LogP) is 4.24. The number of methoxy groups -OCH3 is 1. The number of fused-ring (bicyclic) bond motifs is 4. The Morgan fingerprint density at radius 1 is 1.09 bits per heavy atom. The molecule has 158 valence electrons. The zero-order chi connectivity index (χ0) is 21.8. The molecule has 0 fully saturated rings. The molecule has 1 aliphatic rings. The fraction of sp³-hybridized carbons (Fsp3) is 0.167. The van der Waals surface area contributed by atoms with Gasteiger partial charge in [0.15, 0.2) is 11.4 Å². The summed E-state index contributed by atoms with van der Waals surface area (Å²) in [5.74, 6) is 0.672. The molecule has 1 atom stereocenters. The van der Waals surface area contributed by atoms with Crippen LogP contribution < -0.4 is 10.3 Å². The maximum atomic E-state index is 13.5. The number of aromatic amines is 1. The number of pyridine rings is 1. The summed E-state index contributed by atoms with van der Waals surface area (Å²) in [5.41, 5.74) is 3.29. The fourth-order valence-electron chi connectivity index (χ4n) is 4.55. The van der Waals surface area contributed by atoms with Crippen molar-refractivity contribution in [2.24, 2.45) is 0 Å². The maximum absolute atomic E-state index is 13.5. The number of hydrogen-bond donors (Lipinski definition) is 1. The van der Waals surface area contributed by atoms with Crippen molar-refractivity contribution in [2.45, 2.75) is 18.8 Å². The van der Waals surface area contributed by atoms with Gasteiger partial charge >= 0.3 is 0 Å². The van der Waals surface area contributed by atoms with Crippen LogP contribution in [0.2, 0.25) is 0 Å². The Kier molecular flexibility index (Phi) is 4.22. The number of benzene rings is 2. The van der Waals surface area contributed by atoms with Crippen molar-refractivity contribution in [3.8, 4) is 10.9 Å². The number of hydrogen-bond acceptors (Lipinski definition) is 6. The second kappa shape index (κ2) is 7.13. The Morgan fingerprint density at radius 2 is 1.91 bits per heavy atom. The van der Waals surface area contributed by atoms with E-state index >= 15 is 0 Å². The number of nitrogens with one attached hydrogen (secondary N) is 1. The highest BCUT2D eigenvalue weighted by Crippen LogP contribution is 2.38. The Morgan fingerprint density at radius 3 is 2.75 bits per heavy atom. The van der Waals surface area contributed by atoms with E-state index in [1.54, 1.807) is 13.3 Å². The molecule has 0 saturated heterocycles. The molecule has 0 amide bonds. The molecule has 0 radical (unpaired) electrons. The fourth-order valence-corrected chi connectivity index (χ4v) is 5.48. The molecule has 5 aromatic rings. The van der Waals surface area contributed by atoms with E-state index in [0.717, 1.165) is 27.1 Å². The molecule has 3 heterocycles. The minimum atomic E-state index is -0.239. The van der Waals surface area contributed by atoms with E-state index in [2.05, 4.69) is 15.1 Å². The van der Waals surface area contributed by atoms with Crippen molar-refractivity contribution in [1.82, 2.24) is 19.7 Å². The standard InChI is InChI=1S/C24H18N4O3S/c1-31-19-8-4-2-6-14(19)13-10-15-16(18(29)11-13)12-25-22-21(15)23(30)28(27-22)24-26-17-7-3-5-9-20(17)32-24/h2-9,12-13H,10-11H2,1H3,(H,25,27)/t13-/m1/s1. The molecule has 1 N–H and O–H groups in total. The molecule has 8 heteroatoms. The average molecular weight is 443 g/mol. The zero-order valence-corrected chi connectivity index (χ0v) is 18.0. The SMILES string of the molecule is COc1ccccc1[C@H]1CC(=O)c2cnc3[nH]n(-c4nc5ccccc5s4)c(=O)c3c2C1. The minimum Gasteiger partial charge on any atom is -0.496 e. The van der Waals surface area contributed by atoms with Crippen LogP contribution in [-0.2, 0) is 6.42 Å². The number of ether oxygens (including phenoxy) is 1. The first-order chi connectivity index (χ1) is 15.6. The number of Topliss-reactive ketones (excluding diaryl/α,β-unsaturated/α-hetero) is 1. The van der Waals surface area contributed by atoms with Crippen LogP contribution in [0.1, 0.15) is 33.8 Å². The van der Waals surface area contributed by atoms with E-state index in [9.17, 15) is 9.59 Å². The quantitative estimate of drug-likeness (QED) is 0.451. The van der Waals surface area contributed by atoms with Crippen LogP contribution in [0.3, 0.4) is 0 Å². The number of rotatable bonds is 3. The number of nitrogens with zero attached hydrogens (tertiary/aromatic N) is 3. The van der Waals surface area contributed by atoms with Gasteiger partial charge in [0.1, 0.15) is 5.75 Å². The summed E-state index contributed by atoms with van der Waals surface area (Å²) < 4.78 is 7.95. The van der Waals surface area contributed by atoms with Crippen LogP contribution in [0.4, 0.5) is 0 Å². The third kappa shape index (κ3) is 2.80. The van der Waals surface area contributed by atoms with Gasteiger partial charge in [-0.15, -0.1) is 0 Å². The molecular formula is C24H18N4O3S. The molecule has 6 rings (SSSR count). The Labute approximate surface area is 186 Å². The number of carbonyl (C=O) groups is 1. The largest absolute Gasteiger partial charge is 0.496 e. The van der Waals surface area contributed by atoms with E-state index in [1.807, 2.05) is 48.5 Å².